The zero-order valence-corrected chi connectivity index (χ0v) is 14.9. The SMILES string of the molecule is CCCC(CCC)C(=O)Nc1cnn(C2OC(CO)C(O)C2O)c(=O)n1. The van der Waals surface area contributed by atoms with Crippen LogP contribution in [0.1, 0.15) is 45.8 Å². The molecule has 0 saturated carbocycles. The minimum atomic E-state index is -1.43. The van der Waals surface area contributed by atoms with E-state index >= 15 is 0 Å². The Morgan fingerprint density at radius 1 is 1.31 bits per heavy atom. The summed E-state index contributed by atoms with van der Waals surface area (Å²) in [6.07, 6.45) is -0.651. The topological polar surface area (TPSA) is 147 Å². The number of nitrogens with zero attached hydrogens (tertiary/aromatic N) is 3. The molecule has 0 spiro atoms. The van der Waals surface area contributed by atoms with Crippen molar-refractivity contribution < 1.29 is 24.9 Å². The highest BCUT2D eigenvalue weighted by atomic mass is 16.6. The highest BCUT2D eigenvalue weighted by Gasteiger charge is 2.44. The molecule has 1 fully saturated rings. The first-order chi connectivity index (χ1) is 12.4. The third-order valence-electron chi connectivity index (χ3n) is 4.37. The number of amides is 1. The summed E-state index contributed by atoms with van der Waals surface area (Å²) in [4.78, 5) is 28.2. The second kappa shape index (κ2) is 9.17. The largest absolute Gasteiger partial charge is 0.394 e. The van der Waals surface area contributed by atoms with Gasteiger partial charge >= 0.3 is 5.69 Å². The van der Waals surface area contributed by atoms with E-state index in [9.17, 15) is 19.8 Å². The third-order valence-corrected chi connectivity index (χ3v) is 4.37. The monoisotopic (exact) mass is 370 g/mol. The standard InChI is InChI=1S/C16H26N4O6/c1-3-5-9(6-4-2)14(24)18-11-7-17-20(16(25)19-11)15-13(23)12(22)10(8-21)26-15/h7,9-10,12-13,15,21-23H,3-6,8H2,1-2H3,(H,18,19,24,25). The lowest BCUT2D eigenvalue weighted by atomic mass is 9.97. The Morgan fingerprint density at radius 3 is 2.46 bits per heavy atom. The molecule has 0 aliphatic carbocycles. The molecule has 1 amide bonds. The summed E-state index contributed by atoms with van der Waals surface area (Å²) in [5.74, 6) is -0.358. The van der Waals surface area contributed by atoms with Crippen molar-refractivity contribution in [3.63, 3.8) is 0 Å². The molecule has 1 aromatic heterocycles. The number of nitrogens with one attached hydrogen (secondary N) is 1. The zero-order valence-electron chi connectivity index (χ0n) is 14.9. The number of aromatic nitrogens is 3. The van der Waals surface area contributed by atoms with E-state index in [1.165, 1.54) is 6.20 Å². The lowest BCUT2D eigenvalue weighted by Gasteiger charge is -2.17. The molecule has 0 radical (unpaired) electrons. The fourth-order valence-electron chi connectivity index (χ4n) is 3.00. The van der Waals surface area contributed by atoms with Crippen LogP contribution in [0.4, 0.5) is 5.82 Å². The first-order valence-electron chi connectivity index (χ1n) is 8.82. The fourth-order valence-corrected chi connectivity index (χ4v) is 3.00. The van der Waals surface area contributed by atoms with Gasteiger partial charge in [0.1, 0.15) is 18.3 Å². The third kappa shape index (κ3) is 4.44. The van der Waals surface area contributed by atoms with Crippen molar-refractivity contribution in [3.05, 3.63) is 16.7 Å². The predicted molar refractivity (Wildman–Crippen MR) is 91.2 cm³/mol. The van der Waals surface area contributed by atoms with E-state index in [1.54, 1.807) is 0 Å². The van der Waals surface area contributed by atoms with Gasteiger partial charge in [0.2, 0.25) is 5.91 Å². The average Bonchev–Trinajstić information content (AvgIpc) is 2.90. The van der Waals surface area contributed by atoms with Crippen LogP contribution in [0.15, 0.2) is 11.0 Å². The molecule has 1 aromatic rings. The lowest BCUT2D eigenvalue weighted by Crippen LogP contribution is -2.37. The molecule has 10 nitrogen and oxygen atoms in total. The van der Waals surface area contributed by atoms with Crippen molar-refractivity contribution in [1.82, 2.24) is 14.8 Å². The smallest absolute Gasteiger partial charge is 0.368 e. The number of rotatable bonds is 8. The van der Waals surface area contributed by atoms with Gasteiger partial charge in [-0.2, -0.15) is 14.8 Å². The Morgan fingerprint density at radius 2 is 1.96 bits per heavy atom. The number of hydrogen-bond donors (Lipinski definition) is 4. The van der Waals surface area contributed by atoms with Crippen molar-refractivity contribution in [2.24, 2.45) is 5.92 Å². The van der Waals surface area contributed by atoms with E-state index in [1.807, 2.05) is 13.8 Å². The van der Waals surface area contributed by atoms with Crippen molar-refractivity contribution in [2.75, 3.05) is 11.9 Å². The van der Waals surface area contributed by atoms with Gasteiger partial charge < -0.3 is 25.4 Å². The van der Waals surface area contributed by atoms with Crippen LogP contribution in [0.2, 0.25) is 0 Å². The maximum Gasteiger partial charge on any atom is 0.368 e. The summed E-state index contributed by atoms with van der Waals surface area (Å²) in [6.45, 7) is 3.48. The summed E-state index contributed by atoms with van der Waals surface area (Å²) in [5.41, 5.74) is -0.847. The molecule has 4 atom stereocenters. The van der Waals surface area contributed by atoms with Crippen LogP contribution >= 0.6 is 0 Å². The molecule has 26 heavy (non-hydrogen) atoms. The molecule has 2 rings (SSSR count). The molecular weight excluding hydrogens is 344 g/mol. The normalized spacial score (nSPS) is 25.6. The Balaban J connectivity index is 2.12. The van der Waals surface area contributed by atoms with Crippen LogP contribution in [0.5, 0.6) is 0 Å². The van der Waals surface area contributed by atoms with Gasteiger partial charge in [-0.1, -0.05) is 26.7 Å². The number of anilines is 1. The molecule has 146 valence electrons. The maximum absolute atomic E-state index is 12.3. The fraction of sp³-hybridized carbons (Fsp3) is 0.750. The van der Waals surface area contributed by atoms with E-state index in [2.05, 4.69) is 15.4 Å². The van der Waals surface area contributed by atoms with Gasteiger partial charge in [-0.25, -0.2) is 4.79 Å². The van der Waals surface area contributed by atoms with Crippen LogP contribution in [-0.2, 0) is 9.53 Å². The number of carbonyl (C=O) groups excluding carboxylic acids is 1. The van der Waals surface area contributed by atoms with Crippen molar-refractivity contribution in [2.45, 2.75) is 64.1 Å². The van der Waals surface area contributed by atoms with Crippen LogP contribution < -0.4 is 11.0 Å². The van der Waals surface area contributed by atoms with Gasteiger partial charge in [0, 0.05) is 5.92 Å². The highest BCUT2D eigenvalue weighted by Crippen LogP contribution is 2.27. The summed E-state index contributed by atoms with van der Waals surface area (Å²) in [7, 11) is 0. The Kier molecular flexibility index (Phi) is 7.21. The molecule has 0 aromatic carbocycles. The minimum absolute atomic E-state index is 0.0141. The van der Waals surface area contributed by atoms with Gasteiger partial charge in [-0.05, 0) is 12.8 Å². The van der Waals surface area contributed by atoms with Gasteiger partial charge in [-0.15, -0.1) is 0 Å². The molecule has 2 heterocycles. The van der Waals surface area contributed by atoms with E-state index in [0.717, 1.165) is 30.4 Å². The molecule has 10 heteroatoms. The van der Waals surface area contributed by atoms with Crippen molar-refractivity contribution in [3.8, 4) is 0 Å². The quantitative estimate of drug-likeness (QED) is 0.474. The molecule has 4 unspecified atom stereocenters. The average molecular weight is 370 g/mol. The van der Waals surface area contributed by atoms with Crippen LogP contribution in [-0.4, -0.2) is 60.9 Å². The first kappa shape index (κ1) is 20.4. The molecule has 1 aliphatic heterocycles. The summed E-state index contributed by atoms with van der Waals surface area (Å²) in [6, 6.07) is 0. The van der Waals surface area contributed by atoms with Crippen molar-refractivity contribution in [1.29, 1.82) is 0 Å². The van der Waals surface area contributed by atoms with E-state index in [-0.39, 0.29) is 17.6 Å². The second-order valence-electron chi connectivity index (χ2n) is 6.36. The summed E-state index contributed by atoms with van der Waals surface area (Å²) < 4.78 is 6.02. The number of carbonyl (C=O) groups is 1. The molecule has 1 aliphatic rings. The first-order valence-corrected chi connectivity index (χ1v) is 8.82. The number of aliphatic hydroxyl groups excluding tert-OH is 3. The van der Waals surface area contributed by atoms with Gasteiger partial charge in [0.15, 0.2) is 12.0 Å². The van der Waals surface area contributed by atoms with Gasteiger partial charge in [0.25, 0.3) is 0 Å². The lowest BCUT2D eigenvalue weighted by molar-refractivity contribution is -0.120. The maximum atomic E-state index is 12.3. The Bertz CT molecular complexity index is 660. The highest BCUT2D eigenvalue weighted by molar-refractivity contribution is 5.91. The van der Waals surface area contributed by atoms with Gasteiger partial charge in [0.05, 0.1) is 12.8 Å². The molecule has 4 N–H and O–H groups in total. The molecule has 0 bridgehead atoms. The number of aliphatic hydroxyl groups is 3. The predicted octanol–water partition coefficient (Wildman–Crippen LogP) is -0.595. The summed E-state index contributed by atoms with van der Waals surface area (Å²) >= 11 is 0. The van der Waals surface area contributed by atoms with Crippen LogP contribution in [0, 0.1) is 5.92 Å². The molecule has 1 saturated heterocycles. The van der Waals surface area contributed by atoms with Crippen molar-refractivity contribution >= 4 is 11.7 Å². The zero-order chi connectivity index (χ0) is 19.3. The Labute approximate surface area is 150 Å². The second-order valence-corrected chi connectivity index (χ2v) is 6.36. The molecular formula is C16H26N4O6. The summed E-state index contributed by atoms with van der Waals surface area (Å²) in [5, 5.41) is 35.3. The Hall–Kier alpha value is -1.88. The van der Waals surface area contributed by atoms with E-state index < -0.39 is 36.8 Å². The number of ether oxygens (including phenoxy) is 1. The van der Waals surface area contributed by atoms with E-state index in [0.29, 0.717) is 0 Å². The van der Waals surface area contributed by atoms with Crippen LogP contribution in [0.3, 0.4) is 0 Å². The van der Waals surface area contributed by atoms with E-state index in [4.69, 9.17) is 9.84 Å². The van der Waals surface area contributed by atoms with Gasteiger partial charge in [-0.3, -0.25) is 4.79 Å². The number of hydrogen-bond acceptors (Lipinski definition) is 8. The minimum Gasteiger partial charge on any atom is -0.394 e. The van der Waals surface area contributed by atoms with Crippen LogP contribution in [0.25, 0.3) is 0 Å².